The number of nitrogens with one attached hydrogen (secondary N) is 1. The maximum absolute atomic E-state index is 13.3. The van der Waals surface area contributed by atoms with E-state index in [1.54, 1.807) is 25.3 Å². The van der Waals surface area contributed by atoms with Crippen molar-refractivity contribution in [3.05, 3.63) is 82.6 Å². The van der Waals surface area contributed by atoms with Gasteiger partial charge < -0.3 is 19.4 Å². The summed E-state index contributed by atoms with van der Waals surface area (Å²) in [5.41, 5.74) is 3.09. The number of aromatic nitrogens is 2. The molecule has 7 nitrogen and oxygen atoms in total. The van der Waals surface area contributed by atoms with E-state index in [1.807, 2.05) is 47.9 Å². The minimum Gasteiger partial charge on any atom is -0.497 e. The second kappa shape index (κ2) is 9.34. The number of pyridine rings is 1. The summed E-state index contributed by atoms with van der Waals surface area (Å²) in [5, 5.41) is 3.89. The molecule has 0 aliphatic carbocycles. The van der Waals surface area contributed by atoms with Crippen LogP contribution in [0.3, 0.4) is 0 Å². The van der Waals surface area contributed by atoms with Crippen molar-refractivity contribution in [2.45, 2.75) is 13.5 Å². The van der Waals surface area contributed by atoms with E-state index in [0.29, 0.717) is 45.5 Å². The van der Waals surface area contributed by atoms with Crippen LogP contribution in [0.15, 0.2) is 60.8 Å². The highest BCUT2D eigenvalue weighted by atomic mass is 35.5. The number of carbonyl (C=O) groups is 2. The molecule has 0 fully saturated rings. The second-order valence-corrected chi connectivity index (χ2v) is 7.80. The lowest BCUT2D eigenvalue weighted by atomic mass is 10.1. The second-order valence-electron chi connectivity index (χ2n) is 7.39. The maximum Gasteiger partial charge on any atom is 0.296 e. The number of hydrogen-bond donors (Lipinski definition) is 1. The fourth-order valence-corrected chi connectivity index (χ4v) is 3.97. The van der Waals surface area contributed by atoms with E-state index in [1.165, 1.54) is 13.3 Å². The number of rotatable bonds is 7. The van der Waals surface area contributed by atoms with Crippen molar-refractivity contribution >= 4 is 39.9 Å². The molecule has 0 aliphatic rings. The van der Waals surface area contributed by atoms with Crippen LogP contribution in [-0.4, -0.2) is 35.5 Å². The van der Waals surface area contributed by atoms with Crippen LogP contribution in [0.2, 0.25) is 5.02 Å². The van der Waals surface area contributed by atoms with Crippen LogP contribution >= 0.6 is 11.6 Å². The third kappa shape index (κ3) is 4.40. The van der Waals surface area contributed by atoms with Crippen LogP contribution in [0.4, 0.5) is 5.69 Å². The average molecular weight is 464 g/mol. The molecular weight excluding hydrogens is 442 g/mol. The summed E-state index contributed by atoms with van der Waals surface area (Å²) >= 11 is 6.38. The molecule has 2 aromatic heterocycles. The molecule has 168 valence electrons. The van der Waals surface area contributed by atoms with Gasteiger partial charge in [-0.15, -0.1) is 0 Å². The average Bonchev–Trinajstić information content (AvgIpc) is 3.10. The number of carbonyl (C=O) groups excluding carboxylic acids is 2. The third-order valence-corrected chi connectivity index (χ3v) is 5.82. The summed E-state index contributed by atoms with van der Waals surface area (Å²) in [6, 6.07) is 16.1. The summed E-state index contributed by atoms with van der Waals surface area (Å²) in [6.45, 7) is 2.27. The highest BCUT2D eigenvalue weighted by molar-refractivity contribution is 6.48. The molecule has 0 atom stereocenters. The molecule has 0 radical (unpaired) electrons. The molecule has 33 heavy (non-hydrogen) atoms. The van der Waals surface area contributed by atoms with Crippen LogP contribution in [0.25, 0.3) is 10.9 Å². The Balaban J connectivity index is 1.77. The number of Topliss-reactive ketones (excluding diaryl/α,β-unsaturated/α-hetero) is 1. The number of ether oxygens (including phenoxy) is 2. The van der Waals surface area contributed by atoms with Gasteiger partial charge in [0, 0.05) is 46.1 Å². The zero-order valence-electron chi connectivity index (χ0n) is 18.4. The SMILES string of the molecule is COc1ccc2c(c1)c(C(=O)C(=O)Nc1ccnc(OC)c1)c(C)n2Cc1ccccc1Cl. The Bertz CT molecular complexity index is 1360. The van der Waals surface area contributed by atoms with E-state index in [4.69, 9.17) is 21.1 Å². The molecule has 0 spiro atoms. The maximum atomic E-state index is 13.3. The predicted octanol–water partition coefficient (Wildman–Crippen LogP) is 4.89. The lowest BCUT2D eigenvalue weighted by Crippen LogP contribution is -2.23. The fourth-order valence-electron chi connectivity index (χ4n) is 3.78. The van der Waals surface area contributed by atoms with E-state index in [9.17, 15) is 9.59 Å². The summed E-state index contributed by atoms with van der Waals surface area (Å²) in [7, 11) is 3.03. The van der Waals surface area contributed by atoms with Crippen molar-refractivity contribution in [2.75, 3.05) is 19.5 Å². The number of halogens is 1. The first-order chi connectivity index (χ1) is 15.9. The first kappa shape index (κ1) is 22.4. The van der Waals surface area contributed by atoms with Crippen molar-refractivity contribution in [1.82, 2.24) is 9.55 Å². The van der Waals surface area contributed by atoms with Gasteiger partial charge in [-0.1, -0.05) is 29.8 Å². The quantitative estimate of drug-likeness (QED) is 0.312. The smallest absolute Gasteiger partial charge is 0.296 e. The van der Waals surface area contributed by atoms with Gasteiger partial charge in [-0.05, 0) is 42.8 Å². The lowest BCUT2D eigenvalue weighted by Gasteiger charge is -2.10. The minimum absolute atomic E-state index is 0.314. The topological polar surface area (TPSA) is 82.5 Å². The monoisotopic (exact) mass is 463 g/mol. The van der Waals surface area contributed by atoms with Crippen LogP contribution in [0.5, 0.6) is 11.6 Å². The van der Waals surface area contributed by atoms with Gasteiger partial charge in [0.15, 0.2) is 0 Å². The van der Waals surface area contributed by atoms with Crippen LogP contribution < -0.4 is 14.8 Å². The van der Waals surface area contributed by atoms with Gasteiger partial charge in [0.2, 0.25) is 5.88 Å². The van der Waals surface area contributed by atoms with Crippen molar-refractivity contribution in [3.8, 4) is 11.6 Å². The van der Waals surface area contributed by atoms with E-state index in [2.05, 4.69) is 10.3 Å². The predicted molar refractivity (Wildman–Crippen MR) is 128 cm³/mol. The molecule has 0 aliphatic heterocycles. The Morgan fingerprint density at radius 1 is 1.06 bits per heavy atom. The lowest BCUT2D eigenvalue weighted by molar-refractivity contribution is -0.112. The molecule has 0 saturated carbocycles. The molecule has 4 rings (SSSR count). The Labute approximate surface area is 195 Å². The minimum atomic E-state index is -0.758. The van der Waals surface area contributed by atoms with E-state index >= 15 is 0 Å². The summed E-state index contributed by atoms with van der Waals surface area (Å²) < 4.78 is 12.4. The standard InChI is InChI=1S/C25H22ClN3O4/c1-15-23(24(30)25(31)28-17-10-11-27-22(12-17)33-3)19-13-18(32-2)8-9-21(19)29(15)14-16-6-4-5-7-20(16)26/h4-13H,14H2,1-3H3,(H,27,28,31). The molecule has 0 bridgehead atoms. The Kier molecular flexibility index (Phi) is 6.33. The normalized spacial score (nSPS) is 10.8. The Morgan fingerprint density at radius 3 is 2.58 bits per heavy atom. The molecular formula is C25H22ClN3O4. The van der Waals surface area contributed by atoms with Crippen LogP contribution in [0, 0.1) is 6.92 Å². The first-order valence-electron chi connectivity index (χ1n) is 10.2. The number of fused-ring (bicyclic) bond motifs is 1. The molecule has 1 N–H and O–H groups in total. The van der Waals surface area contributed by atoms with E-state index < -0.39 is 11.7 Å². The first-order valence-corrected chi connectivity index (χ1v) is 10.6. The fraction of sp³-hybridized carbons (Fsp3) is 0.160. The van der Waals surface area contributed by atoms with Crippen molar-refractivity contribution in [2.24, 2.45) is 0 Å². The number of amides is 1. The molecule has 4 aromatic rings. The van der Waals surface area contributed by atoms with Crippen molar-refractivity contribution < 1.29 is 19.1 Å². The third-order valence-electron chi connectivity index (χ3n) is 5.45. The van der Waals surface area contributed by atoms with Gasteiger partial charge in [-0.2, -0.15) is 0 Å². The number of nitrogens with zero attached hydrogens (tertiary/aromatic N) is 2. The van der Waals surface area contributed by atoms with Gasteiger partial charge in [-0.25, -0.2) is 4.98 Å². The number of hydrogen-bond acceptors (Lipinski definition) is 5. The van der Waals surface area contributed by atoms with Gasteiger partial charge in [0.1, 0.15) is 5.75 Å². The van der Waals surface area contributed by atoms with Crippen molar-refractivity contribution in [1.29, 1.82) is 0 Å². The van der Waals surface area contributed by atoms with Gasteiger partial charge in [0.25, 0.3) is 11.7 Å². The summed E-state index contributed by atoms with van der Waals surface area (Å²) in [6.07, 6.45) is 1.49. The summed E-state index contributed by atoms with van der Waals surface area (Å²) in [5.74, 6) is -0.492. The largest absolute Gasteiger partial charge is 0.497 e. The van der Waals surface area contributed by atoms with Crippen LogP contribution in [-0.2, 0) is 11.3 Å². The number of ketones is 1. The molecule has 8 heteroatoms. The van der Waals surface area contributed by atoms with Gasteiger partial charge in [-0.3, -0.25) is 9.59 Å². The molecule has 2 aromatic carbocycles. The highest BCUT2D eigenvalue weighted by Gasteiger charge is 2.26. The zero-order valence-corrected chi connectivity index (χ0v) is 19.1. The van der Waals surface area contributed by atoms with E-state index in [0.717, 1.165) is 11.1 Å². The van der Waals surface area contributed by atoms with Gasteiger partial charge in [0.05, 0.1) is 19.8 Å². The van der Waals surface area contributed by atoms with Crippen molar-refractivity contribution in [3.63, 3.8) is 0 Å². The number of benzene rings is 2. The summed E-state index contributed by atoms with van der Waals surface area (Å²) in [4.78, 5) is 30.2. The Morgan fingerprint density at radius 2 is 1.85 bits per heavy atom. The Hall–Kier alpha value is -3.84. The molecule has 0 unspecified atom stereocenters. The van der Waals surface area contributed by atoms with Gasteiger partial charge >= 0.3 is 0 Å². The van der Waals surface area contributed by atoms with Crippen LogP contribution in [0.1, 0.15) is 21.6 Å². The number of anilines is 1. The molecule has 2 heterocycles. The van der Waals surface area contributed by atoms with E-state index in [-0.39, 0.29) is 0 Å². The molecule has 1 amide bonds. The number of methoxy groups -OCH3 is 2. The molecule has 0 saturated heterocycles. The highest BCUT2D eigenvalue weighted by Crippen LogP contribution is 2.31. The zero-order chi connectivity index (χ0) is 23.5.